The summed E-state index contributed by atoms with van der Waals surface area (Å²) in [6.45, 7) is 3.78. The van der Waals surface area contributed by atoms with Crippen LogP contribution in [0.2, 0.25) is 5.02 Å². The van der Waals surface area contributed by atoms with E-state index in [1.54, 1.807) is 46.4 Å². The second kappa shape index (κ2) is 7.77. The number of carbonyl (C=O) groups excluding carboxylic acids is 2. The third-order valence-corrected chi connectivity index (χ3v) is 5.88. The van der Waals surface area contributed by atoms with Gasteiger partial charge in [-0.15, -0.1) is 11.3 Å². The Kier molecular flexibility index (Phi) is 5.19. The summed E-state index contributed by atoms with van der Waals surface area (Å²) in [7, 11) is 0. The van der Waals surface area contributed by atoms with E-state index in [9.17, 15) is 9.59 Å². The molecular formula is C20H18ClN3O3S. The molecular weight excluding hydrogens is 398 g/mol. The minimum Gasteiger partial charge on any atom is -0.462 e. The van der Waals surface area contributed by atoms with Crippen LogP contribution in [0, 0.1) is 6.92 Å². The van der Waals surface area contributed by atoms with Gasteiger partial charge in [-0.3, -0.25) is 9.59 Å². The Balaban J connectivity index is 1.42. The van der Waals surface area contributed by atoms with E-state index in [0.29, 0.717) is 53.2 Å². The van der Waals surface area contributed by atoms with Crippen LogP contribution in [0.15, 0.2) is 47.1 Å². The van der Waals surface area contributed by atoms with Crippen molar-refractivity contribution in [2.45, 2.75) is 6.92 Å². The minimum absolute atomic E-state index is 0.0699. The average molecular weight is 416 g/mol. The van der Waals surface area contributed by atoms with E-state index in [0.717, 1.165) is 4.88 Å². The zero-order chi connectivity index (χ0) is 19.7. The Morgan fingerprint density at radius 2 is 1.79 bits per heavy atom. The molecule has 0 radical (unpaired) electrons. The maximum absolute atomic E-state index is 12.9. The summed E-state index contributed by atoms with van der Waals surface area (Å²) in [5.74, 6) is 0.477. The molecule has 3 heterocycles. The van der Waals surface area contributed by atoms with Crippen molar-refractivity contribution in [3.63, 3.8) is 0 Å². The first-order chi connectivity index (χ1) is 13.5. The molecule has 0 saturated carbocycles. The molecule has 1 aromatic carbocycles. The first-order valence-electron chi connectivity index (χ1n) is 8.88. The van der Waals surface area contributed by atoms with E-state index in [1.807, 2.05) is 13.0 Å². The maximum atomic E-state index is 12.9. The molecule has 1 saturated heterocycles. The van der Waals surface area contributed by atoms with Gasteiger partial charge in [-0.1, -0.05) is 17.7 Å². The topological polar surface area (TPSA) is 66.7 Å². The normalized spacial score (nSPS) is 14.4. The number of aryl methyl sites for hydroxylation is 1. The van der Waals surface area contributed by atoms with Gasteiger partial charge in [0.2, 0.25) is 0 Å². The summed E-state index contributed by atoms with van der Waals surface area (Å²) in [6, 6.07) is 10.5. The van der Waals surface area contributed by atoms with Crippen LogP contribution in [-0.4, -0.2) is 52.8 Å². The van der Waals surface area contributed by atoms with E-state index < -0.39 is 0 Å². The highest BCUT2D eigenvalue weighted by Gasteiger charge is 2.28. The molecule has 1 fully saturated rings. The molecule has 0 bridgehead atoms. The lowest BCUT2D eigenvalue weighted by molar-refractivity contribution is 0.0532. The number of aromatic nitrogens is 1. The smallest absolute Gasteiger partial charge is 0.273 e. The first kappa shape index (κ1) is 18.7. The predicted octanol–water partition coefficient (Wildman–Crippen LogP) is 3.96. The van der Waals surface area contributed by atoms with Crippen molar-refractivity contribution >= 4 is 34.8 Å². The second-order valence-corrected chi connectivity index (χ2v) is 8.14. The average Bonchev–Trinajstić information content (AvgIpc) is 3.37. The van der Waals surface area contributed by atoms with Crippen LogP contribution in [0.3, 0.4) is 0 Å². The highest BCUT2D eigenvalue weighted by atomic mass is 35.5. The summed E-state index contributed by atoms with van der Waals surface area (Å²) < 4.78 is 5.37. The number of hydrogen-bond donors (Lipinski definition) is 0. The number of rotatable bonds is 3. The third-order valence-electron chi connectivity index (χ3n) is 4.66. The Morgan fingerprint density at radius 1 is 1.07 bits per heavy atom. The lowest BCUT2D eigenvalue weighted by atomic mass is 10.1. The van der Waals surface area contributed by atoms with Crippen LogP contribution in [0.4, 0.5) is 0 Å². The number of furan rings is 1. The van der Waals surface area contributed by atoms with Gasteiger partial charge < -0.3 is 14.2 Å². The SMILES string of the molecule is Cc1sc(-c2ccco2)nc1C(=O)N1CCN(C(=O)c2cccc(Cl)c2)CC1. The van der Waals surface area contributed by atoms with Crippen LogP contribution >= 0.6 is 22.9 Å². The fourth-order valence-corrected chi connectivity index (χ4v) is 4.23. The molecule has 0 spiro atoms. The highest BCUT2D eigenvalue weighted by Crippen LogP contribution is 2.28. The van der Waals surface area contributed by atoms with Crippen LogP contribution in [-0.2, 0) is 0 Å². The predicted molar refractivity (Wildman–Crippen MR) is 108 cm³/mol. The zero-order valence-corrected chi connectivity index (χ0v) is 16.8. The molecule has 2 aromatic heterocycles. The Bertz CT molecular complexity index is 1010. The molecule has 0 aliphatic carbocycles. The fourth-order valence-electron chi connectivity index (χ4n) is 3.17. The van der Waals surface area contributed by atoms with Gasteiger partial charge in [0.05, 0.1) is 6.26 Å². The molecule has 6 nitrogen and oxygen atoms in total. The summed E-state index contributed by atoms with van der Waals surface area (Å²) in [6.07, 6.45) is 1.59. The van der Waals surface area contributed by atoms with Gasteiger partial charge >= 0.3 is 0 Å². The van der Waals surface area contributed by atoms with Crippen LogP contribution in [0.5, 0.6) is 0 Å². The van der Waals surface area contributed by atoms with Gasteiger partial charge in [0, 0.05) is 41.6 Å². The monoisotopic (exact) mass is 415 g/mol. The number of amides is 2. The number of nitrogens with zero attached hydrogens (tertiary/aromatic N) is 3. The molecule has 0 N–H and O–H groups in total. The van der Waals surface area contributed by atoms with Gasteiger partial charge in [-0.25, -0.2) is 4.98 Å². The Labute approximate surface area is 171 Å². The number of thiazole rings is 1. The fraction of sp³-hybridized carbons (Fsp3) is 0.250. The first-order valence-corrected chi connectivity index (χ1v) is 10.1. The molecule has 144 valence electrons. The summed E-state index contributed by atoms with van der Waals surface area (Å²) in [5.41, 5.74) is 1.01. The standard InChI is InChI=1S/C20H18ClN3O3S/c1-13-17(22-18(28-13)16-6-3-11-27-16)20(26)24-9-7-23(8-10-24)19(25)14-4-2-5-15(21)12-14/h2-6,11-12H,7-10H2,1H3. The lowest BCUT2D eigenvalue weighted by Gasteiger charge is -2.34. The number of hydrogen-bond acceptors (Lipinski definition) is 5. The van der Waals surface area contributed by atoms with Crippen molar-refractivity contribution in [1.82, 2.24) is 14.8 Å². The molecule has 4 rings (SSSR count). The van der Waals surface area contributed by atoms with Crippen LogP contribution < -0.4 is 0 Å². The van der Waals surface area contributed by atoms with E-state index in [-0.39, 0.29) is 11.8 Å². The summed E-state index contributed by atoms with van der Waals surface area (Å²) >= 11 is 7.42. The van der Waals surface area contributed by atoms with Gasteiger partial charge in [0.1, 0.15) is 5.69 Å². The highest BCUT2D eigenvalue weighted by molar-refractivity contribution is 7.15. The zero-order valence-electron chi connectivity index (χ0n) is 15.2. The van der Waals surface area contributed by atoms with E-state index in [4.69, 9.17) is 16.0 Å². The third kappa shape index (κ3) is 3.68. The lowest BCUT2D eigenvalue weighted by Crippen LogP contribution is -2.50. The molecule has 28 heavy (non-hydrogen) atoms. The molecule has 0 unspecified atom stereocenters. The van der Waals surface area contributed by atoms with Gasteiger partial charge in [0.15, 0.2) is 10.8 Å². The van der Waals surface area contributed by atoms with Crippen molar-refractivity contribution in [3.05, 3.63) is 63.8 Å². The molecule has 2 amide bonds. The molecule has 3 aromatic rings. The van der Waals surface area contributed by atoms with Crippen molar-refractivity contribution in [3.8, 4) is 10.8 Å². The quantitative estimate of drug-likeness (QED) is 0.649. The maximum Gasteiger partial charge on any atom is 0.273 e. The number of carbonyl (C=O) groups is 2. The number of halogens is 1. The van der Waals surface area contributed by atoms with Crippen molar-refractivity contribution in [2.24, 2.45) is 0 Å². The molecule has 0 atom stereocenters. The Morgan fingerprint density at radius 3 is 2.43 bits per heavy atom. The van der Waals surface area contributed by atoms with Gasteiger partial charge in [0.25, 0.3) is 11.8 Å². The minimum atomic E-state index is -0.110. The van der Waals surface area contributed by atoms with Crippen molar-refractivity contribution in [2.75, 3.05) is 26.2 Å². The van der Waals surface area contributed by atoms with Gasteiger partial charge in [-0.2, -0.15) is 0 Å². The van der Waals surface area contributed by atoms with Crippen molar-refractivity contribution < 1.29 is 14.0 Å². The summed E-state index contributed by atoms with van der Waals surface area (Å²) in [4.78, 5) is 34.4. The number of benzene rings is 1. The molecule has 1 aliphatic rings. The molecule has 8 heteroatoms. The largest absolute Gasteiger partial charge is 0.462 e. The van der Waals surface area contributed by atoms with E-state index >= 15 is 0 Å². The van der Waals surface area contributed by atoms with Crippen LogP contribution in [0.25, 0.3) is 10.8 Å². The van der Waals surface area contributed by atoms with E-state index in [1.165, 1.54) is 11.3 Å². The van der Waals surface area contributed by atoms with E-state index in [2.05, 4.69) is 4.98 Å². The molecule has 1 aliphatic heterocycles. The summed E-state index contributed by atoms with van der Waals surface area (Å²) in [5, 5.41) is 1.23. The van der Waals surface area contributed by atoms with Gasteiger partial charge in [-0.05, 0) is 37.3 Å². The van der Waals surface area contributed by atoms with Crippen LogP contribution in [0.1, 0.15) is 25.7 Å². The second-order valence-electron chi connectivity index (χ2n) is 6.50. The van der Waals surface area contributed by atoms with Crippen molar-refractivity contribution in [1.29, 1.82) is 0 Å². The Hall–Kier alpha value is -2.64. The number of piperazine rings is 1.